The summed E-state index contributed by atoms with van der Waals surface area (Å²) in [5.41, 5.74) is 3.56. The van der Waals surface area contributed by atoms with Crippen molar-refractivity contribution in [3.8, 4) is 5.75 Å². The number of halogens is 1. The van der Waals surface area contributed by atoms with E-state index in [1.807, 2.05) is 0 Å². The van der Waals surface area contributed by atoms with Gasteiger partial charge in [0.15, 0.2) is 0 Å². The fraction of sp³-hybridized carbons (Fsp3) is 0.481. The van der Waals surface area contributed by atoms with E-state index in [1.165, 1.54) is 15.9 Å². The van der Waals surface area contributed by atoms with Gasteiger partial charge in [-0.2, -0.15) is 0 Å². The van der Waals surface area contributed by atoms with E-state index in [4.69, 9.17) is 15.2 Å². The summed E-state index contributed by atoms with van der Waals surface area (Å²) in [6.45, 7) is 2.41. The molecule has 1 aliphatic heterocycles. The van der Waals surface area contributed by atoms with Gasteiger partial charge in [0.05, 0.1) is 23.7 Å². The van der Waals surface area contributed by atoms with Crippen LogP contribution in [0.25, 0.3) is 10.9 Å². The molecule has 14 heteroatoms. The molecular formula is C27H31FN4O9. The predicted octanol–water partition coefficient (Wildman–Crippen LogP) is 2.11. The molecule has 2 aromatic rings. The van der Waals surface area contributed by atoms with E-state index < -0.39 is 59.2 Å². The van der Waals surface area contributed by atoms with Gasteiger partial charge in [0.2, 0.25) is 11.5 Å². The number of piperazine rings is 1. The van der Waals surface area contributed by atoms with Gasteiger partial charge in [0, 0.05) is 38.0 Å². The van der Waals surface area contributed by atoms with E-state index in [0.29, 0.717) is 6.42 Å². The molecule has 3 amide bonds. The van der Waals surface area contributed by atoms with Crippen LogP contribution in [-0.4, -0.2) is 93.2 Å². The van der Waals surface area contributed by atoms with E-state index in [2.05, 4.69) is 4.98 Å². The Morgan fingerprint density at radius 3 is 2.29 bits per heavy atom. The number of carboxylic acids is 2. The molecule has 1 unspecified atom stereocenters. The van der Waals surface area contributed by atoms with Gasteiger partial charge in [-0.25, -0.2) is 14.0 Å². The average Bonchev–Trinajstić information content (AvgIpc) is 2.90. The minimum absolute atomic E-state index is 0.0115. The number of pyridine rings is 1. The van der Waals surface area contributed by atoms with Gasteiger partial charge in [-0.3, -0.25) is 19.4 Å². The topological polar surface area (TPSA) is 190 Å². The van der Waals surface area contributed by atoms with Crippen molar-refractivity contribution >= 4 is 40.7 Å². The maximum Gasteiger partial charge on any atom is 0.409 e. The number of carbonyl (C=O) groups is 5. The molecule has 1 aliphatic carbocycles. The van der Waals surface area contributed by atoms with Crippen molar-refractivity contribution in [2.75, 3.05) is 32.8 Å². The van der Waals surface area contributed by atoms with Crippen LogP contribution in [0.4, 0.5) is 9.18 Å². The summed E-state index contributed by atoms with van der Waals surface area (Å²) in [5, 5.41) is 19.3. The van der Waals surface area contributed by atoms with Crippen molar-refractivity contribution in [2.24, 2.45) is 5.73 Å². The Hall–Kier alpha value is -4.49. The number of hydrogen-bond donors (Lipinski definition) is 3. The first kappa shape index (κ1) is 29.5. The first-order chi connectivity index (χ1) is 19.5. The summed E-state index contributed by atoms with van der Waals surface area (Å²) in [7, 11) is 0. The predicted molar refractivity (Wildman–Crippen MR) is 140 cm³/mol. The van der Waals surface area contributed by atoms with Gasteiger partial charge in [0.1, 0.15) is 17.1 Å². The number of aliphatic carboxylic acids is 2. The first-order valence-electron chi connectivity index (χ1n) is 13.2. The Morgan fingerprint density at radius 2 is 1.76 bits per heavy atom. The summed E-state index contributed by atoms with van der Waals surface area (Å²) in [6, 6.07) is 3.42. The lowest BCUT2D eigenvalue weighted by atomic mass is 9.80. The van der Waals surface area contributed by atoms with E-state index in [-0.39, 0.29) is 74.4 Å². The van der Waals surface area contributed by atoms with Crippen LogP contribution in [0.3, 0.4) is 0 Å². The molecular weight excluding hydrogens is 543 g/mol. The molecule has 2 heterocycles. The quantitative estimate of drug-likeness (QED) is 0.379. The minimum Gasteiger partial charge on any atom is -0.481 e. The first-order valence-corrected chi connectivity index (χ1v) is 13.2. The highest BCUT2D eigenvalue weighted by atomic mass is 19.1. The zero-order valence-corrected chi connectivity index (χ0v) is 22.4. The van der Waals surface area contributed by atoms with Crippen LogP contribution in [0.2, 0.25) is 0 Å². The van der Waals surface area contributed by atoms with E-state index in [0.717, 1.165) is 12.1 Å². The van der Waals surface area contributed by atoms with Crippen LogP contribution in [0, 0.1) is 5.82 Å². The summed E-state index contributed by atoms with van der Waals surface area (Å²) >= 11 is 0. The molecule has 4 N–H and O–H groups in total. The number of fused-ring (bicyclic) bond motifs is 1. The third kappa shape index (κ3) is 6.00. The van der Waals surface area contributed by atoms with Crippen molar-refractivity contribution < 1.29 is 48.0 Å². The molecule has 2 aliphatic rings. The average molecular weight is 575 g/mol. The Morgan fingerprint density at radius 1 is 1.10 bits per heavy atom. The van der Waals surface area contributed by atoms with Gasteiger partial charge < -0.3 is 35.2 Å². The van der Waals surface area contributed by atoms with Crippen LogP contribution in [0.1, 0.15) is 61.0 Å². The number of benzene rings is 1. The van der Waals surface area contributed by atoms with Gasteiger partial charge in [0.25, 0.3) is 5.91 Å². The Balaban J connectivity index is 1.81. The van der Waals surface area contributed by atoms with E-state index in [9.17, 15) is 38.6 Å². The highest BCUT2D eigenvalue weighted by molar-refractivity contribution is 6.05. The Bertz CT molecular complexity index is 1390. The molecule has 4 rings (SSSR count). The maximum absolute atomic E-state index is 14.3. The van der Waals surface area contributed by atoms with Gasteiger partial charge in [-0.1, -0.05) is 0 Å². The standard InChI is InChI=1S/C27H31FN4O9/c1-2-40-26(39)32-12-10-31(11-13-32)24(36)16(5-7-19(33)34)21-20(23(29)35)22(41-27(25(37)38)8-3-9-27)17-14-15(28)4-6-18(17)30-21/h4,6,14,16H,2-3,5,7-13H2,1H3,(H2,29,35)(H,33,34)(H,37,38). The van der Waals surface area contributed by atoms with Crippen molar-refractivity contribution in [2.45, 2.75) is 50.5 Å². The number of carbonyl (C=O) groups excluding carboxylic acids is 3. The normalized spacial score (nSPS) is 16.9. The summed E-state index contributed by atoms with van der Waals surface area (Å²) in [6.07, 6.45) is -0.458. The highest BCUT2D eigenvalue weighted by Gasteiger charge is 2.48. The number of carboxylic acid groups (broad SMARTS) is 2. The summed E-state index contributed by atoms with van der Waals surface area (Å²) in [4.78, 5) is 69.9. The molecule has 1 aromatic carbocycles. The smallest absolute Gasteiger partial charge is 0.409 e. The summed E-state index contributed by atoms with van der Waals surface area (Å²) in [5.74, 6) is -6.46. The van der Waals surface area contributed by atoms with Crippen molar-refractivity contribution in [1.82, 2.24) is 14.8 Å². The zero-order chi connectivity index (χ0) is 29.9. The number of nitrogens with two attached hydrogens (primary N) is 1. The van der Waals surface area contributed by atoms with Crippen molar-refractivity contribution in [3.05, 3.63) is 35.3 Å². The van der Waals surface area contributed by atoms with Crippen LogP contribution < -0.4 is 10.5 Å². The SMILES string of the molecule is CCOC(=O)N1CCN(C(=O)C(CCC(=O)O)c2nc3ccc(F)cc3c(OC3(C(=O)O)CCC3)c2C(N)=O)CC1. The van der Waals surface area contributed by atoms with Crippen LogP contribution in [0.5, 0.6) is 5.75 Å². The molecule has 1 aromatic heterocycles. The molecule has 220 valence electrons. The molecule has 41 heavy (non-hydrogen) atoms. The monoisotopic (exact) mass is 574 g/mol. The minimum atomic E-state index is -1.69. The summed E-state index contributed by atoms with van der Waals surface area (Å²) < 4.78 is 25.3. The van der Waals surface area contributed by atoms with Gasteiger partial charge >= 0.3 is 18.0 Å². The lowest BCUT2D eigenvalue weighted by molar-refractivity contribution is -0.163. The van der Waals surface area contributed by atoms with Gasteiger partial charge in [-0.05, 0) is 50.8 Å². The van der Waals surface area contributed by atoms with E-state index >= 15 is 0 Å². The van der Waals surface area contributed by atoms with Crippen LogP contribution >= 0.6 is 0 Å². The molecule has 13 nitrogen and oxygen atoms in total. The van der Waals surface area contributed by atoms with Crippen LogP contribution in [0.15, 0.2) is 18.2 Å². The van der Waals surface area contributed by atoms with Crippen molar-refractivity contribution in [3.63, 3.8) is 0 Å². The van der Waals surface area contributed by atoms with Gasteiger partial charge in [-0.15, -0.1) is 0 Å². The number of nitrogens with zero attached hydrogens (tertiary/aromatic N) is 3. The second-order valence-electron chi connectivity index (χ2n) is 9.98. The lowest BCUT2D eigenvalue weighted by Crippen LogP contribution is -2.52. The number of aromatic nitrogens is 1. The number of amides is 3. The molecule has 1 atom stereocenters. The lowest BCUT2D eigenvalue weighted by Gasteiger charge is -2.39. The second kappa shape index (κ2) is 11.9. The fourth-order valence-corrected chi connectivity index (χ4v) is 5.06. The Kier molecular flexibility index (Phi) is 8.59. The number of hydrogen-bond acceptors (Lipinski definition) is 8. The largest absolute Gasteiger partial charge is 0.481 e. The molecule has 1 saturated heterocycles. The van der Waals surface area contributed by atoms with Crippen LogP contribution in [-0.2, 0) is 19.1 Å². The third-order valence-electron chi connectivity index (χ3n) is 7.41. The second-order valence-corrected chi connectivity index (χ2v) is 9.98. The Labute approximate surface area is 234 Å². The molecule has 0 radical (unpaired) electrons. The van der Waals surface area contributed by atoms with E-state index in [1.54, 1.807) is 6.92 Å². The third-order valence-corrected chi connectivity index (χ3v) is 7.41. The number of rotatable bonds is 10. The molecule has 0 spiro atoms. The van der Waals surface area contributed by atoms with Crippen molar-refractivity contribution in [1.29, 1.82) is 0 Å². The number of ether oxygens (including phenoxy) is 2. The molecule has 2 fully saturated rings. The molecule has 0 bridgehead atoms. The zero-order valence-electron chi connectivity index (χ0n) is 22.4. The number of primary amides is 1. The maximum atomic E-state index is 14.3. The molecule has 1 saturated carbocycles. The fourth-order valence-electron chi connectivity index (χ4n) is 5.06. The highest BCUT2D eigenvalue weighted by Crippen LogP contribution is 2.43.